The van der Waals surface area contributed by atoms with Gasteiger partial charge < -0.3 is 15.5 Å². The molecule has 2 rings (SSSR count). The highest BCUT2D eigenvalue weighted by atomic mass is 16.2. The van der Waals surface area contributed by atoms with Crippen LogP contribution in [-0.4, -0.2) is 48.6 Å². The zero-order valence-electron chi connectivity index (χ0n) is 10.9. The van der Waals surface area contributed by atoms with Crippen LogP contribution in [0.1, 0.15) is 38.5 Å². The molecule has 1 unspecified atom stereocenters. The maximum atomic E-state index is 12.4. The van der Waals surface area contributed by atoms with E-state index in [1.165, 1.54) is 25.7 Å². The predicted octanol–water partition coefficient (Wildman–Crippen LogP) is 1.65. The zero-order chi connectivity index (χ0) is 12.3. The molecule has 0 bridgehead atoms. The second-order valence-corrected chi connectivity index (χ2v) is 5.44. The van der Waals surface area contributed by atoms with Crippen LogP contribution in [-0.2, 0) is 0 Å². The Morgan fingerprint density at radius 3 is 2.35 bits per heavy atom. The lowest BCUT2D eigenvalue weighted by atomic mass is 10.1. The van der Waals surface area contributed by atoms with E-state index in [1.807, 2.05) is 16.8 Å². The summed E-state index contributed by atoms with van der Waals surface area (Å²) in [6.45, 7) is 2.44. The van der Waals surface area contributed by atoms with Crippen molar-refractivity contribution in [1.82, 2.24) is 9.80 Å². The molecule has 2 amide bonds. The summed E-state index contributed by atoms with van der Waals surface area (Å²) in [6, 6.07) is 0.444. The standard InChI is InChI=1S/C13H25N3O/c1-15(12(10-14)11-6-7-11)13(17)16-8-4-2-3-5-9-16/h11-12H,2-10,14H2,1H3. The van der Waals surface area contributed by atoms with E-state index in [-0.39, 0.29) is 12.1 Å². The molecule has 2 fully saturated rings. The summed E-state index contributed by atoms with van der Waals surface area (Å²) in [5.74, 6) is 0.654. The molecule has 0 spiro atoms. The van der Waals surface area contributed by atoms with Crippen molar-refractivity contribution in [2.45, 2.75) is 44.6 Å². The molecule has 1 saturated carbocycles. The SMILES string of the molecule is CN(C(=O)N1CCCCCC1)C(CN)C1CC1. The zero-order valence-corrected chi connectivity index (χ0v) is 10.9. The van der Waals surface area contributed by atoms with E-state index in [0.29, 0.717) is 12.5 Å². The first-order valence-corrected chi connectivity index (χ1v) is 6.96. The van der Waals surface area contributed by atoms with Gasteiger partial charge in [0.25, 0.3) is 0 Å². The molecule has 2 aliphatic rings. The fourth-order valence-corrected chi connectivity index (χ4v) is 2.77. The molecule has 1 aliphatic heterocycles. The lowest BCUT2D eigenvalue weighted by Gasteiger charge is -2.32. The average Bonchev–Trinajstić information content (AvgIpc) is 3.15. The van der Waals surface area contributed by atoms with E-state index in [1.54, 1.807) is 0 Å². The van der Waals surface area contributed by atoms with Gasteiger partial charge in [-0.1, -0.05) is 12.8 Å². The Morgan fingerprint density at radius 2 is 1.88 bits per heavy atom. The van der Waals surface area contributed by atoms with Gasteiger partial charge in [0.2, 0.25) is 0 Å². The normalized spacial score (nSPS) is 23.1. The van der Waals surface area contributed by atoms with Gasteiger partial charge in [-0.3, -0.25) is 0 Å². The van der Waals surface area contributed by atoms with Crippen LogP contribution in [0.25, 0.3) is 0 Å². The fourth-order valence-electron chi connectivity index (χ4n) is 2.77. The Labute approximate surface area is 104 Å². The van der Waals surface area contributed by atoms with Crippen molar-refractivity contribution in [3.63, 3.8) is 0 Å². The van der Waals surface area contributed by atoms with Crippen LogP contribution in [0.5, 0.6) is 0 Å². The molecule has 1 atom stereocenters. The highest BCUT2D eigenvalue weighted by Crippen LogP contribution is 2.34. The minimum Gasteiger partial charge on any atom is -0.328 e. The lowest BCUT2D eigenvalue weighted by molar-refractivity contribution is 0.143. The fraction of sp³-hybridized carbons (Fsp3) is 0.923. The van der Waals surface area contributed by atoms with Crippen molar-refractivity contribution in [3.05, 3.63) is 0 Å². The van der Waals surface area contributed by atoms with Crippen molar-refractivity contribution < 1.29 is 4.79 Å². The minimum absolute atomic E-state index is 0.189. The van der Waals surface area contributed by atoms with Gasteiger partial charge in [-0.05, 0) is 31.6 Å². The number of likely N-dealkylation sites (N-methyl/N-ethyl adjacent to an activating group) is 1. The number of hydrogen-bond donors (Lipinski definition) is 1. The van der Waals surface area contributed by atoms with Crippen LogP contribution >= 0.6 is 0 Å². The third-order valence-corrected chi connectivity index (χ3v) is 4.08. The van der Waals surface area contributed by atoms with Crippen molar-refractivity contribution in [2.24, 2.45) is 11.7 Å². The Morgan fingerprint density at radius 1 is 1.29 bits per heavy atom. The molecule has 1 heterocycles. The molecule has 4 nitrogen and oxygen atoms in total. The van der Waals surface area contributed by atoms with Crippen LogP contribution in [0.2, 0.25) is 0 Å². The second-order valence-electron chi connectivity index (χ2n) is 5.44. The van der Waals surface area contributed by atoms with E-state index in [2.05, 4.69) is 0 Å². The quantitative estimate of drug-likeness (QED) is 0.814. The number of likely N-dealkylation sites (tertiary alicyclic amines) is 1. The number of carbonyl (C=O) groups is 1. The Balaban J connectivity index is 1.92. The van der Waals surface area contributed by atoms with Crippen molar-refractivity contribution in [3.8, 4) is 0 Å². The maximum Gasteiger partial charge on any atom is 0.320 e. The summed E-state index contributed by atoms with van der Waals surface area (Å²) < 4.78 is 0. The number of nitrogens with two attached hydrogens (primary N) is 1. The average molecular weight is 239 g/mol. The molecule has 4 heteroatoms. The largest absolute Gasteiger partial charge is 0.328 e. The molecule has 0 aromatic heterocycles. The van der Waals surface area contributed by atoms with Gasteiger partial charge in [0, 0.05) is 32.7 Å². The molecule has 98 valence electrons. The lowest BCUT2D eigenvalue weighted by Crippen LogP contribution is -2.49. The van der Waals surface area contributed by atoms with Gasteiger partial charge in [-0.2, -0.15) is 0 Å². The monoisotopic (exact) mass is 239 g/mol. The van der Waals surface area contributed by atoms with Crippen molar-refractivity contribution in [1.29, 1.82) is 0 Å². The Kier molecular flexibility index (Phi) is 4.26. The number of carbonyl (C=O) groups excluding carboxylic acids is 1. The molecule has 2 N–H and O–H groups in total. The molecular formula is C13H25N3O. The number of amides is 2. The van der Waals surface area contributed by atoms with Gasteiger partial charge in [-0.25, -0.2) is 4.79 Å². The van der Waals surface area contributed by atoms with E-state index in [4.69, 9.17) is 5.73 Å². The summed E-state index contributed by atoms with van der Waals surface area (Å²) in [6.07, 6.45) is 7.29. The van der Waals surface area contributed by atoms with Crippen molar-refractivity contribution in [2.75, 3.05) is 26.7 Å². The first-order valence-electron chi connectivity index (χ1n) is 6.96. The number of nitrogens with zero attached hydrogens (tertiary/aromatic N) is 2. The van der Waals surface area contributed by atoms with Crippen LogP contribution < -0.4 is 5.73 Å². The highest BCUT2D eigenvalue weighted by molar-refractivity contribution is 5.74. The van der Waals surface area contributed by atoms with Gasteiger partial charge in [-0.15, -0.1) is 0 Å². The first-order chi connectivity index (χ1) is 8.24. The topological polar surface area (TPSA) is 49.6 Å². The summed E-state index contributed by atoms with van der Waals surface area (Å²) in [7, 11) is 1.92. The summed E-state index contributed by atoms with van der Waals surface area (Å²) in [5, 5.41) is 0. The van der Waals surface area contributed by atoms with E-state index < -0.39 is 0 Å². The molecule has 0 aromatic rings. The van der Waals surface area contributed by atoms with Gasteiger partial charge in [0.15, 0.2) is 0 Å². The first kappa shape index (κ1) is 12.7. The Hall–Kier alpha value is -0.770. The van der Waals surface area contributed by atoms with Gasteiger partial charge >= 0.3 is 6.03 Å². The van der Waals surface area contributed by atoms with Crippen LogP contribution in [0, 0.1) is 5.92 Å². The minimum atomic E-state index is 0.189. The van der Waals surface area contributed by atoms with Gasteiger partial charge in [0.05, 0.1) is 0 Å². The summed E-state index contributed by atoms with van der Waals surface area (Å²) >= 11 is 0. The molecule has 1 saturated heterocycles. The summed E-state index contributed by atoms with van der Waals surface area (Å²) in [4.78, 5) is 16.3. The smallest absolute Gasteiger partial charge is 0.320 e. The third-order valence-electron chi connectivity index (χ3n) is 4.08. The summed E-state index contributed by atoms with van der Waals surface area (Å²) in [5.41, 5.74) is 5.80. The number of rotatable bonds is 3. The molecule has 0 radical (unpaired) electrons. The Bertz CT molecular complexity index is 257. The van der Waals surface area contributed by atoms with Crippen LogP contribution in [0.15, 0.2) is 0 Å². The van der Waals surface area contributed by atoms with Crippen LogP contribution in [0.4, 0.5) is 4.79 Å². The molecule has 0 aromatic carbocycles. The van der Waals surface area contributed by atoms with Crippen LogP contribution in [0.3, 0.4) is 0 Å². The maximum absolute atomic E-state index is 12.4. The predicted molar refractivity (Wildman–Crippen MR) is 68.8 cm³/mol. The van der Waals surface area contributed by atoms with E-state index in [0.717, 1.165) is 25.9 Å². The number of hydrogen-bond acceptors (Lipinski definition) is 2. The van der Waals surface area contributed by atoms with E-state index >= 15 is 0 Å². The van der Waals surface area contributed by atoms with Gasteiger partial charge in [0.1, 0.15) is 0 Å². The molecule has 17 heavy (non-hydrogen) atoms. The second kappa shape index (κ2) is 5.71. The highest BCUT2D eigenvalue weighted by Gasteiger charge is 2.36. The molecular weight excluding hydrogens is 214 g/mol. The van der Waals surface area contributed by atoms with E-state index in [9.17, 15) is 4.79 Å². The van der Waals surface area contributed by atoms with Crippen molar-refractivity contribution >= 4 is 6.03 Å². The third kappa shape index (κ3) is 3.12. The molecule has 1 aliphatic carbocycles. The number of urea groups is 1.